The molecule has 0 spiro atoms. The maximum absolute atomic E-state index is 11.3. The first kappa shape index (κ1) is 10.4. The molecule has 0 aliphatic carbocycles. The van der Waals surface area contributed by atoms with Crippen molar-refractivity contribution in [1.29, 1.82) is 0 Å². The predicted octanol–water partition coefficient (Wildman–Crippen LogP) is 2.16. The Bertz CT molecular complexity index is 383. The number of hydrogen-bond acceptors (Lipinski definition) is 2. The second-order valence-electron chi connectivity index (χ2n) is 3.23. The van der Waals surface area contributed by atoms with Gasteiger partial charge in [-0.1, -0.05) is 12.1 Å². The summed E-state index contributed by atoms with van der Waals surface area (Å²) >= 11 is 0. The SMILES string of the molecule is CC(=O)Nc1cccc(C)c1C(C)=O. The molecule has 3 heteroatoms. The number of amides is 1. The van der Waals surface area contributed by atoms with E-state index in [0.29, 0.717) is 11.3 Å². The van der Waals surface area contributed by atoms with E-state index in [-0.39, 0.29) is 11.7 Å². The molecule has 1 N–H and O–H groups in total. The third-order valence-corrected chi connectivity index (χ3v) is 1.94. The molecule has 0 radical (unpaired) electrons. The molecular formula is C11H13NO2. The third kappa shape index (κ3) is 2.19. The molecule has 0 fully saturated rings. The van der Waals surface area contributed by atoms with Crippen LogP contribution in [0.5, 0.6) is 0 Å². The van der Waals surface area contributed by atoms with Crippen molar-refractivity contribution in [1.82, 2.24) is 0 Å². The molecule has 1 amide bonds. The summed E-state index contributed by atoms with van der Waals surface area (Å²) < 4.78 is 0. The Kier molecular flexibility index (Phi) is 3.02. The van der Waals surface area contributed by atoms with E-state index >= 15 is 0 Å². The fourth-order valence-corrected chi connectivity index (χ4v) is 1.43. The van der Waals surface area contributed by atoms with Crippen molar-refractivity contribution in [2.45, 2.75) is 20.8 Å². The van der Waals surface area contributed by atoms with Gasteiger partial charge in [0.2, 0.25) is 5.91 Å². The summed E-state index contributed by atoms with van der Waals surface area (Å²) in [5.41, 5.74) is 2.05. The minimum Gasteiger partial charge on any atom is -0.326 e. The van der Waals surface area contributed by atoms with Gasteiger partial charge in [0.1, 0.15) is 0 Å². The second-order valence-corrected chi connectivity index (χ2v) is 3.23. The molecule has 0 aliphatic heterocycles. The molecule has 74 valence electrons. The average molecular weight is 191 g/mol. The lowest BCUT2D eigenvalue weighted by Gasteiger charge is -2.09. The summed E-state index contributed by atoms with van der Waals surface area (Å²) in [4.78, 5) is 22.2. The molecule has 0 saturated heterocycles. The van der Waals surface area contributed by atoms with E-state index in [9.17, 15) is 9.59 Å². The molecule has 14 heavy (non-hydrogen) atoms. The minimum absolute atomic E-state index is 0.0353. The topological polar surface area (TPSA) is 46.2 Å². The van der Waals surface area contributed by atoms with Crippen LogP contribution < -0.4 is 5.32 Å². The molecule has 0 aliphatic rings. The number of carbonyl (C=O) groups is 2. The van der Waals surface area contributed by atoms with Gasteiger partial charge in [-0.2, -0.15) is 0 Å². The minimum atomic E-state index is -0.168. The molecule has 0 bridgehead atoms. The summed E-state index contributed by atoms with van der Waals surface area (Å²) in [5, 5.41) is 2.64. The summed E-state index contributed by atoms with van der Waals surface area (Å²) in [6.07, 6.45) is 0. The van der Waals surface area contributed by atoms with E-state index in [0.717, 1.165) is 5.56 Å². The Morgan fingerprint density at radius 3 is 2.36 bits per heavy atom. The molecular weight excluding hydrogens is 178 g/mol. The molecule has 1 aromatic carbocycles. The van der Waals surface area contributed by atoms with Gasteiger partial charge in [0.05, 0.1) is 5.69 Å². The maximum Gasteiger partial charge on any atom is 0.221 e. The number of benzene rings is 1. The molecule has 3 nitrogen and oxygen atoms in total. The van der Waals surface area contributed by atoms with E-state index in [4.69, 9.17) is 0 Å². The number of Topliss-reactive ketones (excluding diaryl/α,β-unsaturated/α-hetero) is 1. The highest BCUT2D eigenvalue weighted by Gasteiger charge is 2.10. The van der Waals surface area contributed by atoms with Gasteiger partial charge in [-0.05, 0) is 25.5 Å². The molecule has 0 aromatic heterocycles. The van der Waals surface area contributed by atoms with Crippen molar-refractivity contribution in [3.63, 3.8) is 0 Å². The quantitative estimate of drug-likeness (QED) is 0.728. The number of ketones is 1. The van der Waals surface area contributed by atoms with E-state index in [1.54, 1.807) is 6.07 Å². The van der Waals surface area contributed by atoms with Crippen LogP contribution in [0.25, 0.3) is 0 Å². The highest BCUT2D eigenvalue weighted by molar-refractivity contribution is 6.04. The van der Waals surface area contributed by atoms with Gasteiger partial charge in [0.15, 0.2) is 5.78 Å². The van der Waals surface area contributed by atoms with Crippen LogP contribution in [0, 0.1) is 6.92 Å². The zero-order valence-electron chi connectivity index (χ0n) is 8.55. The first-order valence-electron chi connectivity index (χ1n) is 4.40. The lowest BCUT2D eigenvalue weighted by molar-refractivity contribution is -0.114. The van der Waals surface area contributed by atoms with Crippen LogP contribution in [0.2, 0.25) is 0 Å². The average Bonchev–Trinajstić information content (AvgIpc) is 2.01. The normalized spacial score (nSPS) is 9.64. The maximum atomic E-state index is 11.3. The fourth-order valence-electron chi connectivity index (χ4n) is 1.43. The molecule has 0 heterocycles. The van der Waals surface area contributed by atoms with Crippen LogP contribution in [0.3, 0.4) is 0 Å². The largest absolute Gasteiger partial charge is 0.326 e. The highest BCUT2D eigenvalue weighted by atomic mass is 16.1. The van der Waals surface area contributed by atoms with Gasteiger partial charge < -0.3 is 5.32 Å². The van der Waals surface area contributed by atoms with Gasteiger partial charge in [-0.15, -0.1) is 0 Å². The summed E-state index contributed by atoms with van der Waals surface area (Å²) in [6.45, 7) is 4.77. The first-order chi connectivity index (χ1) is 6.52. The zero-order chi connectivity index (χ0) is 10.7. The number of rotatable bonds is 2. The third-order valence-electron chi connectivity index (χ3n) is 1.94. The van der Waals surface area contributed by atoms with E-state index in [1.165, 1.54) is 13.8 Å². The number of carbonyl (C=O) groups excluding carboxylic acids is 2. The summed E-state index contributed by atoms with van der Waals surface area (Å²) in [6, 6.07) is 5.39. The van der Waals surface area contributed by atoms with E-state index in [2.05, 4.69) is 5.32 Å². The van der Waals surface area contributed by atoms with Crippen molar-refractivity contribution in [3.05, 3.63) is 29.3 Å². The standard InChI is InChI=1S/C11H13NO2/c1-7-5-4-6-10(12-9(3)14)11(7)8(2)13/h4-6H,1-3H3,(H,12,14). The van der Waals surface area contributed by atoms with Crippen LogP contribution in [0.4, 0.5) is 5.69 Å². The van der Waals surface area contributed by atoms with Crippen LogP contribution >= 0.6 is 0 Å². The van der Waals surface area contributed by atoms with Gasteiger partial charge in [0.25, 0.3) is 0 Å². The van der Waals surface area contributed by atoms with Crippen LogP contribution in [-0.4, -0.2) is 11.7 Å². The monoisotopic (exact) mass is 191 g/mol. The molecule has 0 unspecified atom stereocenters. The van der Waals surface area contributed by atoms with Gasteiger partial charge in [-0.3, -0.25) is 9.59 Å². The Morgan fingerprint density at radius 2 is 1.86 bits per heavy atom. The zero-order valence-corrected chi connectivity index (χ0v) is 8.55. The first-order valence-corrected chi connectivity index (χ1v) is 4.40. The lowest BCUT2D eigenvalue weighted by Crippen LogP contribution is -2.10. The molecule has 0 saturated carbocycles. The van der Waals surface area contributed by atoms with Crippen LogP contribution in [-0.2, 0) is 4.79 Å². The molecule has 1 aromatic rings. The Labute approximate surface area is 83.1 Å². The molecule has 1 rings (SSSR count). The Morgan fingerprint density at radius 1 is 1.21 bits per heavy atom. The Balaban J connectivity index is 3.21. The lowest BCUT2D eigenvalue weighted by atomic mass is 10.0. The fraction of sp³-hybridized carbons (Fsp3) is 0.273. The number of hydrogen-bond donors (Lipinski definition) is 1. The van der Waals surface area contributed by atoms with Gasteiger partial charge >= 0.3 is 0 Å². The second kappa shape index (κ2) is 4.05. The van der Waals surface area contributed by atoms with Gasteiger partial charge in [0, 0.05) is 12.5 Å². The smallest absolute Gasteiger partial charge is 0.221 e. The van der Waals surface area contributed by atoms with Crippen molar-refractivity contribution < 1.29 is 9.59 Å². The number of nitrogens with one attached hydrogen (secondary N) is 1. The number of anilines is 1. The summed E-state index contributed by atoms with van der Waals surface area (Å²) in [5.74, 6) is -0.204. The van der Waals surface area contributed by atoms with Gasteiger partial charge in [-0.25, -0.2) is 0 Å². The van der Waals surface area contributed by atoms with Crippen molar-refractivity contribution in [2.75, 3.05) is 5.32 Å². The summed E-state index contributed by atoms with van der Waals surface area (Å²) in [7, 11) is 0. The number of aryl methyl sites for hydroxylation is 1. The van der Waals surface area contributed by atoms with Crippen LogP contribution in [0.1, 0.15) is 29.8 Å². The predicted molar refractivity (Wildman–Crippen MR) is 55.5 cm³/mol. The van der Waals surface area contributed by atoms with E-state index < -0.39 is 0 Å². The Hall–Kier alpha value is -1.64. The van der Waals surface area contributed by atoms with Crippen molar-refractivity contribution >= 4 is 17.4 Å². The highest BCUT2D eigenvalue weighted by Crippen LogP contribution is 2.19. The van der Waals surface area contributed by atoms with Crippen molar-refractivity contribution in [3.8, 4) is 0 Å². The molecule has 0 atom stereocenters. The van der Waals surface area contributed by atoms with Crippen LogP contribution in [0.15, 0.2) is 18.2 Å². The van der Waals surface area contributed by atoms with Crippen molar-refractivity contribution in [2.24, 2.45) is 0 Å². The van der Waals surface area contributed by atoms with E-state index in [1.807, 2.05) is 19.1 Å².